The number of nitrogens with zero attached hydrogens (tertiary/aromatic N) is 1. The van der Waals surface area contributed by atoms with Gasteiger partial charge in [-0.3, -0.25) is 0 Å². The Kier molecular flexibility index (Phi) is 4.22. The van der Waals surface area contributed by atoms with Gasteiger partial charge in [0.2, 0.25) is 5.76 Å². The van der Waals surface area contributed by atoms with E-state index >= 15 is 0 Å². The molecule has 0 aliphatic rings. The Morgan fingerprint density at radius 2 is 2.21 bits per heavy atom. The first kappa shape index (κ1) is 13.2. The Morgan fingerprint density at radius 1 is 1.37 bits per heavy atom. The quantitative estimate of drug-likeness (QED) is 0.893. The Labute approximate surface area is 112 Å². The highest BCUT2D eigenvalue weighted by Crippen LogP contribution is 2.19. The zero-order valence-electron chi connectivity index (χ0n) is 11.0. The van der Waals surface area contributed by atoms with Crippen LogP contribution >= 0.6 is 0 Å². The number of benzene rings is 1. The van der Waals surface area contributed by atoms with E-state index in [1.165, 1.54) is 0 Å². The second kappa shape index (κ2) is 6.07. The maximum Gasteiger partial charge on any atom is 0.203 e. The zero-order chi connectivity index (χ0) is 13.7. The maximum atomic E-state index is 8.69. The van der Waals surface area contributed by atoms with Crippen molar-refractivity contribution in [2.75, 3.05) is 7.11 Å². The SMILES string of the molecule is COc1cccc(C(C)NCc2ccc(C#N)o2)c1. The molecule has 4 nitrogen and oxygen atoms in total. The van der Waals surface area contributed by atoms with E-state index in [1.54, 1.807) is 13.2 Å². The third-order valence-electron chi connectivity index (χ3n) is 2.95. The minimum absolute atomic E-state index is 0.172. The van der Waals surface area contributed by atoms with E-state index in [-0.39, 0.29) is 6.04 Å². The number of nitrogens with one attached hydrogen (secondary N) is 1. The number of nitriles is 1. The van der Waals surface area contributed by atoms with Crippen molar-refractivity contribution < 1.29 is 9.15 Å². The second-order valence-corrected chi connectivity index (χ2v) is 4.26. The fraction of sp³-hybridized carbons (Fsp3) is 0.267. The molecule has 4 heteroatoms. The highest BCUT2D eigenvalue weighted by atomic mass is 16.5. The Bertz CT molecular complexity index is 584. The van der Waals surface area contributed by atoms with E-state index in [2.05, 4.69) is 12.2 Å². The van der Waals surface area contributed by atoms with E-state index < -0.39 is 0 Å². The van der Waals surface area contributed by atoms with E-state index in [9.17, 15) is 0 Å². The van der Waals surface area contributed by atoms with Gasteiger partial charge in [-0.15, -0.1) is 0 Å². The van der Waals surface area contributed by atoms with E-state index in [0.717, 1.165) is 17.1 Å². The summed E-state index contributed by atoms with van der Waals surface area (Å²) < 4.78 is 10.5. The number of ether oxygens (including phenoxy) is 1. The summed E-state index contributed by atoms with van der Waals surface area (Å²) in [5.74, 6) is 1.94. The topological polar surface area (TPSA) is 58.2 Å². The van der Waals surface area contributed by atoms with Crippen molar-refractivity contribution in [1.29, 1.82) is 5.26 Å². The lowest BCUT2D eigenvalue weighted by Crippen LogP contribution is -2.17. The molecular formula is C15H16N2O2. The first-order valence-corrected chi connectivity index (χ1v) is 6.09. The molecule has 0 aliphatic carbocycles. The van der Waals surface area contributed by atoms with Crippen molar-refractivity contribution in [2.45, 2.75) is 19.5 Å². The van der Waals surface area contributed by atoms with Crippen molar-refractivity contribution in [3.05, 3.63) is 53.5 Å². The largest absolute Gasteiger partial charge is 0.497 e. The Balaban J connectivity index is 1.97. The molecule has 0 bridgehead atoms. The molecule has 0 amide bonds. The van der Waals surface area contributed by atoms with Crippen LogP contribution in [0.25, 0.3) is 0 Å². The van der Waals surface area contributed by atoms with Gasteiger partial charge in [0.25, 0.3) is 0 Å². The predicted octanol–water partition coefficient (Wildman–Crippen LogP) is 3.01. The van der Waals surface area contributed by atoms with Crippen molar-refractivity contribution in [3.63, 3.8) is 0 Å². The number of furan rings is 1. The molecule has 1 aromatic carbocycles. The summed E-state index contributed by atoms with van der Waals surface area (Å²) in [6, 6.07) is 13.6. The molecule has 0 radical (unpaired) electrons. The van der Waals surface area contributed by atoms with Crippen LogP contribution in [0, 0.1) is 11.3 Å². The van der Waals surface area contributed by atoms with Gasteiger partial charge in [-0.1, -0.05) is 12.1 Å². The average Bonchev–Trinajstić information content (AvgIpc) is 2.93. The van der Waals surface area contributed by atoms with E-state index in [4.69, 9.17) is 14.4 Å². The summed E-state index contributed by atoms with van der Waals surface area (Å²) in [5.41, 5.74) is 1.14. The minimum atomic E-state index is 0.172. The number of hydrogen-bond acceptors (Lipinski definition) is 4. The second-order valence-electron chi connectivity index (χ2n) is 4.26. The molecule has 1 N–H and O–H groups in total. The lowest BCUT2D eigenvalue weighted by molar-refractivity contribution is 0.412. The summed E-state index contributed by atoms with van der Waals surface area (Å²) in [6.45, 7) is 2.66. The summed E-state index contributed by atoms with van der Waals surface area (Å²) in [4.78, 5) is 0. The summed E-state index contributed by atoms with van der Waals surface area (Å²) >= 11 is 0. The van der Waals surface area contributed by atoms with E-state index in [1.807, 2.05) is 36.4 Å². The molecule has 0 fully saturated rings. The highest BCUT2D eigenvalue weighted by Gasteiger charge is 2.07. The normalized spacial score (nSPS) is 11.8. The monoisotopic (exact) mass is 256 g/mol. The molecule has 1 unspecified atom stereocenters. The predicted molar refractivity (Wildman–Crippen MR) is 71.7 cm³/mol. The average molecular weight is 256 g/mol. The van der Waals surface area contributed by atoms with Crippen LogP contribution in [0.1, 0.15) is 30.0 Å². The Hall–Kier alpha value is -2.25. The minimum Gasteiger partial charge on any atom is -0.497 e. The van der Waals surface area contributed by atoms with Crippen molar-refractivity contribution in [3.8, 4) is 11.8 Å². The van der Waals surface area contributed by atoms with Crippen molar-refractivity contribution in [1.82, 2.24) is 5.32 Å². The van der Waals surface area contributed by atoms with Gasteiger partial charge < -0.3 is 14.5 Å². The van der Waals surface area contributed by atoms with Crippen LogP contribution in [0.4, 0.5) is 0 Å². The van der Waals surface area contributed by atoms with Gasteiger partial charge >= 0.3 is 0 Å². The van der Waals surface area contributed by atoms with E-state index in [0.29, 0.717) is 12.3 Å². The van der Waals surface area contributed by atoms with Gasteiger partial charge in [0.15, 0.2) is 0 Å². The lowest BCUT2D eigenvalue weighted by atomic mass is 10.1. The molecule has 1 aromatic heterocycles. The van der Waals surface area contributed by atoms with Crippen LogP contribution in [-0.2, 0) is 6.54 Å². The fourth-order valence-corrected chi connectivity index (χ4v) is 1.82. The van der Waals surface area contributed by atoms with Crippen LogP contribution in [0.3, 0.4) is 0 Å². The van der Waals surface area contributed by atoms with Gasteiger partial charge in [-0.05, 0) is 36.8 Å². The van der Waals surface area contributed by atoms with Gasteiger partial charge in [0.05, 0.1) is 13.7 Å². The smallest absolute Gasteiger partial charge is 0.203 e. The van der Waals surface area contributed by atoms with Gasteiger partial charge in [0, 0.05) is 6.04 Å². The molecule has 0 saturated carbocycles. The van der Waals surface area contributed by atoms with Gasteiger partial charge in [-0.2, -0.15) is 5.26 Å². The zero-order valence-corrected chi connectivity index (χ0v) is 11.0. The third-order valence-corrected chi connectivity index (χ3v) is 2.95. The first-order valence-electron chi connectivity index (χ1n) is 6.09. The summed E-state index contributed by atoms with van der Waals surface area (Å²) in [7, 11) is 1.66. The summed E-state index contributed by atoms with van der Waals surface area (Å²) in [6.07, 6.45) is 0. The van der Waals surface area contributed by atoms with Gasteiger partial charge in [-0.25, -0.2) is 0 Å². The maximum absolute atomic E-state index is 8.69. The lowest BCUT2D eigenvalue weighted by Gasteiger charge is -2.14. The molecule has 0 spiro atoms. The van der Waals surface area contributed by atoms with Crippen LogP contribution in [0.5, 0.6) is 5.75 Å². The highest BCUT2D eigenvalue weighted by molar-refractivity contribution is 5.30. The molecule has 1 heterocycles. The molecule has 2 rings (SSSR count). The van der Waals surface area contributed by atoms with Crippen LogP contribution in [0.15, 0.2) is 40.8 Å². The Morgan fingerprint density at radius 3 is 2.89 bits per heavy atom. The van der Waals surface area contributed by atoms with Crippen LogP contribution < -0.4 is 10.1 Å². The molecular weight excluding hydrogens is 240 g/mol. The van der Waals surface area contributed by atoms with Crippen molar-refractivity contribution in [2.24, 2.45) is 0 Å². The van der Waals surface area contributed by atoms with Crippen molar-refractivity contribution >= 4 is 0 Å². The third kappa shape index (κ3) is 3.36. The molecule has 0 saturated heterocycles. The molecule has 98 valence electrons. The number of methoxy groups -OCH3 is 1. The molecule has 0 aliphatic heterocycles. The standard InChI is InChI=1S/C15H16N2O2/c1-11(12-4-3-5-13(8-12)18-2)17-10-15-7-6-14(9-16)19-15/h3-8,11,17H,10H2,1-2H3. The fourth-order valence-electron chi connectivity index (χ4n) is 1.82. The van der Waals surface area contributed by atoms with Crippen LogP contribution in [0.2, 0.25) is 0 Å². The number of rotatable bonds is 5. The van der Waals surface area contributed by atoms with Gasteiger partial charge in [0.1, 0.15) is 17.6 Å². The number of hydrogen-bond donors (Lipinski definition) is 1. The summed E-state index contributed by atoms with van der Waals surface area (Å²) in [5, 5.41) is 12.0. The first-order chi connectivity index (χ1) is 9.22. The molecule has 1 atom stereocenters. The van der Waals surface area contributed by atoms with Crippen LogP contribution in [-0.4, -0.2) is 7.11 Å². The molecule has 2 aromatic rings. The molecule has 19 heavy (non-hydrogen) atoms.